The highest BCUT2D eigenvalue weighted by atomic mass is 15.1. The monoisotopic (exact) mass is 606 g/mol. The third kappa shape index (κ3) is 5.38. The number of hydrogen-bond acceptors (Lipinski definition) is 3. The SMILES string of the molecule is CC(C)(C)c1ccc(-c2nc3ccccc3nc2-c2ccc(-c3ccc(-c4nc5ccccc5n4-c4ccccc4)cc3)cc2)cc1. The molecular weight excluding hydrogens is 573 g/mol. The highest BCUT2D eigenvalue weighted by Gasteiger charge is 2.18. The predicted octanol–water partition coefficient (Wildman–Crippen LogP) is 10.9. The van der Waals surface area contributed by atoms with Crippen molar-refractivity contribution in [2.24, 2.45) is 0 Å². The topological polar surface area (TPSA) is 43.6 Å². The van der Waals surface area contributed by atoms with Crippen molar-refractivity contribution >= 4 is 22.1 Å². The Balaban J connectivity index is 1.15. The molecule has 0 aliphatic carbocycles. The number of aromatic nitrogens is 4. The van der Waals surface area contributed by atoms with Crippen molar-refractivity contribution in [3.05, 3.63) is 157 Å². The number of rotatable bonds is 5. The molecule has 0 spiro atoms. The lowest BCUT2D eigenvalue weighted by Gasteiger charge is -2.19. The molecule has 6 aromatic carbocycles. The van der Waals surface area contributed by atoms with Crippen LogP contribution in [0.5, 0.6) is 0 Å². The van der Waals surface area contributed by atoms with Gasteiger partial charge in [-0.1, -0.05) is 136 Å². The van der Waals surface area contributed by atoms with Crippen LogP contribution in [0.15, 0.2) is 152 Å². The maximum absolute atomic E-state index is 5.12. The average Bonchev–Trinajstić information content (AvgIpc) is 3.51. The van der Waals surface area contributed by atoms with Crippen LogP contribution in [0.3, 0.4) is 0 Å². The van der Waals surface area contributed by atoms with Crippen LogP contribution in [0.4, 0.5) is 0 Å². The van der Waals surface area contributed by atoms with E-state index in [4.69, 9.17) is 15.0 Å². The van der Waals surface area contributed by atoms with Gasteiger partial charge in [0.25, 0.3) is 0 Å². The molecule has 0 amide bonds. The predicted molar refractivity (Wildman–Crippen MR) is 195 cm³/mol. The van der Waals surface area contributed by atoms with E-state index < -0.39 is 0 Å². The van der Waals surface area contributed by atoms with Gasteiger partial charge in [0, 0.05) is 22.4 Å². The first-order valence-electron chi connectivity index (χ1n) is 16.0. The Labute approximate surface area is 275 Å². The number of para-hydroxylation sites is 5. The van der Waals surface area contributed by atoms with Gasteiger partial charge in [-0.3, -0.25) is 4.57 Å². The lowest BCUT2D eigenvalue weighted by molar-refractivity contribution is 0.590. The summed E-state index contributed by atoms with van der Waals surface area (Å²) >= 11 is 0. The van der Waals surface area contributed by atoms with Crippen LogP contribution in [-0.4, -0.2) is 19.5 Å². The van der Waals surface area contributed by atoms with E-state index in [0.717, 1.165) is 72.8 Å². The van der Waals surface area contributed by atoms with Gasteiger partial charge in [0.2, 0.25) is 0 Å². The second kappa shape index (κ2) is 11.5. The first-order valence-corrected chi connectivity index (χ1v) is 16.0. The van der Waals surface area contributed by atoms with Gasteiger partial charge in [-0.15, -0.1) is 0 Å². The fourth-order valence-electron chi connectivity index (χ4n) is 6.22. The summed E-state index contributed by atoms with van der Waals surface area (Å²) < 4.78 is 2.23. The van der Waals surface area contributed by atoms with E-state index in [1.54, 1.807) is 0 Å². The lowest BCUT2D eigenvalue weighted by Crippen LogP contribution is -2.10. The Morgan fingerprint density at radius 3 is 1.40 bits per heavy atom. The van der Waals surface area contributed by atoms with Crippen LogP contribution in [-0.2, 0) is 5.41 Å². The molecule has 47 heavy (non-hydrogen) atoms. The summed E-state index contributed by atoms with van der Waals surface area (Å²) in [6, 6.07) is 52.9. The van der Waals surface area contributed by atoms with Crippen molar-refractivity contribution in [2.75, 3.05) is 0 Å². The van der Waals surface area contributed by atoms with Gasteiger partial charge in [-0.2, -0.15) is 0 Å². The molecule has 4 nitrogen and oxygen atoms in total. The van der Waals surface area contributed by atoms with Crippen molar-refractivity contribution in [3.8, 4) is 50.7 Å². The van der Waals surface area contributed by atoms with Crippen molar-refractivity contribution in [2.45, 2.75) is 26.2 Å². The molecule has 0 bridgehead atoms. The summed E-state index contributed by atoms with van der Waals surface area (Å²) in [5.74, 6) is 0.928. The molecular formula is C43H34N4. The van der Waals surface area contributed by atoms with Crippen LogP contribution in [0.25, 0.3) is 72.8 Å². The largest absolute Gasteiger partial charge is 0.292 e. The van der Waals surface area contributed by atoms with E-state index in [-0.39, 0.29) is 5.41 Å². The van der Waals surface area contributed by atoms with Gasteiger partial charge < -0.3 is 0 Å². The minimum atomic E-state index is 0.0846. The van der Waals surface area contributed by atoms with Gasteiger partial charge in [-0.05, 0) is 58.5 Å². The molecule has 0 aliphatic heterocycles. The first-order chi connectivity index (χ1) is 22.9. The van der Waals surface area contributed by atoms with Crippen LogP contribution >= 0.6 is 0 Å². The Morgan fingerprint density at radius 2 is 0.851 bits per heavy atom. The van der Waals surface area contributed by atoms with E-state index in [0.29, 0.717) is 0 Å². The van der Waals surface area contributed by atoms with E-state index >= 15 is 0 Å². The zero-order valence-electron chi connectivity index (χ0n) is 26.7. The van der Waals surface area contributed by atoms with E-state index in [1.165, 1.54) is 5.56 Å². The van der Waals surface area contributed by atoms with E-state index in [1.807, 2.05) is 36.4 Å². The first kappa shape index (κ1) is 28.6. The summed E-state index contributed by atoms with van der Waals surface area (Å²) in [4.78, 5) is 15.3. The van der Waals surface area contributed by atoms with Crippen molar-refractivity contribution in [1.29, 1.82) is 0 Å². The molecule has 2 aromatic heterocycles. The molecule has 2 heterocycles. The van der Waals surface area contributed by atoms with Gasteiger partial charge in [0.05, 0.1) is 33.5 Å². The molecule has 8 aromatic rings. The molecule has 0 fully saturated rings. The van der Waals surface area contributed by atoms with Crippen LogP contribution in [0.1, 0.15) is 26.3 Å². The Hall–Kier alpha value is -5.87. The van der Waals surface area contributed by atoms with Gasteiger partial charge >= 0.3 is 0 Å². The molecule has 4 heteroatoms. The third-order valence-corrected chi connectivity index (χ3v) is 8.80. The summed E-state index contributed by atoms with van der Waals surface area (Å²) in [7, 11) is 0. The van der Waals surface area contributed by atoms with Crippen molar-refractivity contribution in [3.63, 3.8) is 0 Å². The number of nitrogens with zero attached hydrogens (tertiary/aromatic N) is 4. The smallest absolute Gasteiger partial charge is 0.145 e. The Bertz CT molecular complexity index is 2340. The summed E-state index contributed by atoms with van der Waals surface area (Å²) in [6.07, 6.45) is 0. The average molecular weight is 607 g/mol. The number of hydrogen-bond donors (Lipinski definition) is 0. The molecule has 0 saturated heterocycles. The third-order valence-electron chi connectivity index (χ3n) is 8.80. The molecule has 0 radical (unpaired) electrons. The molecule has 0 saturated carbocycles. The van der Waals surface area contributed by atoms with Gasteiger partial charge in [0.1, 0.15) is 5.82 Å². The van der Waals surface area contributed by atoms with Gasteiger partial charge in [-0.25, -0.2) is 15.0 Å². The van der Waals surface area contributed by atoms with Gasteiger partial charge in [0.15, 0.2) is 0 Å². The number of fused-ring (bicyclic) bond motifs is 2. The van der Waals surface area contributed by atoms with E-state index in [9.17, 15) is 0 Å². The Morgan fingerprint density at radius 1 is 0.404 bits per heavy atom. The van der Waals surface area contributed by atoms with Crippen LogP contribution in [0.2, 0.25) is 0 Å². The number of imidazole rings is 1. The van der Waals surface area contributed by atoms with Crippen LogP contribution in [0, 0.1) is 0 Å². The second-order valence-corrected chi connectivity index (χ2v) is 13.0. The summed E-state index contributed by atoms with van der Waals surface area (Å²) in [6.45, 7) is 6.71. The number of benzene rings is 6. The maximum Gasteiger partial charge on any atom is 0.145 e. The highest BCUT2D eigenvalue weighted by molar-refractivity contribution is 5.87. The molecule has 0 atom stereocenters. The minimum Gasteiger partial charge on any atom is -0.292 e. The second-order valence-electron chi connectivity index (χ2n) is 13.0. The molecule has 8 rings (SSSR count). The zero-order chi connectivity index (χ0) is 32.0. The summed E-state index contributed by atoms with van der Waals surface area (Å²) in [5, 5.41) is 0. The fraction of sp³-hybridized carbons (Fsp3) is 0.0930. The fourth-order valence-corrected chi connectivity index (χ4v) is 6.22. The molecule has 0 aliphatic rings. The standard InChI is InChI=1S/C43H34N4/c1-43(2,3)34-27-25-32(26-28-34)41-40(44-36-13-7-8-14-37(36)45-41)31-21-17-29(18-22-31)30-19-23-33(24-20-30)42-46-38-15-9-10-16-39(38)47(42)35-11-5-4-6-12-35/h4-28H,1-3H3. The zero-order valence-corrected chi connectivity index (χ0v) is 26.7. The normalized spacial score (nSPS) is 11.7. The quantitative estimate of drug-likeness (QED) is 0.196. The lowest BCUT2D eigenvalue weighted by atomic mass is 9.86. The minimum absolute atomic E-state index is 0.0846. The maximum atomic E-state index is 5.12. The molecule has 0 N–H and O–H groups in total. The molecule has 0 unspecified atom stereocenters. The van der Waals surface area contributed by atoms with Crippen molar-refractivity contribution < 1.29 is 0 Å². The van der Waals surface area contributed by atoms with Crippen LogP contribution < -0.4 is 0 Å². The van der Waals surface area contributed by atoms with E-state index in [2.05, 4.69) is 141 Å². The highest BCUT2D eigenvalue weighted by Crippen LogP contribution is 2.35. The van der Waals surface area contributed by atoms with Crippen molar-refractivity contribution in [1.82, 2.24) is 19.5 Å². The Kier molecular flexibility index (Phi) is 6.99. The summed E-state index contributed by atoms with van der Waals surface area (Å²) in [5.41, 5.74) is 13.6. The molecule has 226 valence electrons.